The van der Waals surface area contributed by atoms with E-state index in [2.05, 4.69) is 5.32 Å². The van der Waals surface area contributed by atoms with E-state index in [0.717, 1.165) is 11.3 Å². The van der Waals surface area contributed by atoms with E-state index in [-0.39, 0.29) is 30.6 Å². The predicted molar refractivity (Wildman–Crippen MR) is 109 cm³/mol. The van der Waals surface area contributed by atoms with Gasteiger partial charge in [-0.3, -0.25) is 9.59 Å². The average Bonchev–Trinajstić information content (AvgIpc) is 2.72. The number of carbonyl (C=O) groups is 2. The van der Waals surface area contributed by atoms with Crippen LogP contribution in [0.3, 0.4) is 0 Å². The van der Waals surface area contributed by atoms with Crippen LogP contribution in [0.4, 0.5) is 0 Å². The van der Waals surface area contributed by atoms with E-state index >= 15 is 0 Å². The number of carbonyl (C=O) groups excluding carboxylic acids is 2. The van der Waals surface area contributed by atoms with E-state index in [1.54, 1.807) is 38.5 Å². The van der Waals surface area contributed by atoms with Crippen molar-refractivity contribution in [2.45, 2.75) is 18.9 Å². The second-order valence-electron chi connectivity index (χ2n) is 6.71. The lowest BCUT2D eigenvalue weighted by molar-refractivity contribution is -0.121. The van der Waals surface area contributed by atoms with Gasteiger partial charge in [-0.15, -0.1) is 0 Å². The number of methoxy groups -OCH3 is 2. The summed E-state index contributed by atoms with van der Waals surface area (Å²) in [7, 11) is 7.12. The summed E-state index contributed by atoms with van der Waals surface area (Å²) in [5, 5.41) is 2.93. The third kappa shape index (κ3) is 6.09. The van der Waals surface area contributed by atoms with Gasteiger partial charge in [0, 0.05) is 24.9 Å². The predicted octanol–water partition coefficient (Wildman–Crippen LogP) is 3.09. The zero-order valence-electron chi connectivity index (χ0n) is 16.9. The van der Waals surface area contributed by atoms with Crippen LogP contribution in [0.2, 0.25) is 0 Å². The van der Waals surface area contributed by atoms with Crippen LogP contribution in [0, 0.1) is 0 Å². The highest BCUT2D eigenvalue weighted by Gasteiger charge is 2.16. The molecule has 0 aliphatic carbocycles. The van der Waals surface area contributed by atoms with Gasteiger partial charge >= 0.3 is 0 Å². The Morgan fingerprint density at radius 3 is 2.25 bits per heavy atom. The van der Waals surface area contributed by atoms with E-state index < -0.39 is 0 Å². The van der Waals surface area contributed by atoms with Crippen molar-refractivity contribution < 1.29 is 19.1 Å². The Bertz CT molecular complexity index is 787. The van der Waals surface area contributed by atoms with E-state index in [9.17, 15) is 9.59 Å². The monoisotopic (exact) mass is 384 g/mol. The number of ketones is 1. The van der Waals surface area contributed by atoms with Crippen LogP contribution in [0.25, 0.3) is 0 Å². The van der Waals surface area contributed by atoms with Gasteiger partial charge in [0.1, 0.15) is 11.5 Å². The number of likely N-dealkylation sites (N-methyl/N-ethyl adjacent to an activating group) is 1. The molecule has 0 saturated carbocycles. The van der Waals surface area contributed by atoms with Gasteiger partial charge in [0.2, 0.25) is 5.91 Å². The Morgan fingerprint density at radius 2 is 1.64 bits per heavy atom. The molecule has 0 saturated heterocycles. The second-order valence-corrected chi connectivity index (χ2v) is 6.71. The highest BCUT2D eigenvalue weighted by atomic mass is 16.5. The molecular weight excluding hydrogens is 356 g/mol. The number of hydrogen-bond acceptors (Lipinski definition) is 5. The number of hydrogen-bond donors (Lipinski definition) is 1. The van der Waals surface area contributed by atoms with Crippen LogP contribution < -0.4 is 14.8 Å². The molecule has 1 amide bonds. The van der Waals surface area contributed by atoms with E-state index in [1.807, 2.05) is 43.3 Å². The van der Waals surface area contributed by atoms with Gasteiger partial charge in [-0.25, -0.2) is 0 Å². The van der Waals surface area contributed by atoms with Gasteiger partial charge in [-0.2, -0.15) is 0 Å². The summed E-state index contributed by atoms with van der Waals surface area (Å²) in [5.41, 5.74) is 1.63. The highest BCUT2D eigenvalue weighted by molar-refractivity contribution is 5.98. The lowest BCUT2D eigenvalue weighted by Gasteiger charge is -2.25. The van der Waals surface area contributed by atoms with Crippen molar-refractivity contribution >= 4 is 11.7 Å². The van der Waals surface area contributed by atoms with Crippen LogP contribution in [0.1, 0.15) is 34.8 Å². The number of nitrogens with zero attached hydrogens (tertiary/aromatic N) is 1. The SMILES string of the molecule is COc1ccc(C(CNC(=O)CCC(=O)c2cccc(OC)c2)N(C)C)cc1. The molecule has 0 aliphatic heterocycles. The number of nitrogens with one attached hydrogen (secondary N) is 1. The Balaban J connectivity index is 1.87. The fourth-order valence-electron chi connectivity index (χ4n) is 2.89. The number of ether oxygens (including phenoxy) is 2. The van der Waals surface area contributed by atoms with Gasteiger partial charge in [0.05, 0.1) is 20.3 Å². The normalized spacial score (nSPS) is 11.8. The van der Waals surface area contributed by atoms with Crippen LogP contribution in [0.5, 0.6) is 11.5 Å². The molecular formula is C22H28N2O4. The number of rotatable bonds is 10. The molecule has 2 aromatic rings. The summed E-state index contributed by atoms with van der Waals surface area (Å²) in [5.74, 6) is 1.20. The first-order valence-corrected chi connectivity index (χ1v) is 9.19. The zero-order chi connectivity index (χ0) is 20.5. The maximum absolute atomic E-state index is 12.3. The molecule has 0 heterocycles. The average molecular weight is 384 g/mol. The van der Waals surface area contributed by atoms with Crippen LogP contribution in [-0.4, -0.2) is 51.5 Å². The Morgan fingerprint density at radius 1 is 0.964 bits per heavy atom. The molecule has 6 nitrogen and oxygen atoms in total. The molecule has 0 aliphatic rings. The molecule has 1 atom stereocenters. The van der Waals surface area contributed by atoms with Gasteiger partial charge in [0.15, 0.2) is 5.78 Å². The zero-order valence-corrected chi connectivity index (χ0v) is 16.9. The summed E-state index contributed by atoms with van der Waals surface area (Å²) >= 11 is 0. The maximum atomic E-state index is 12.3. The fraction of sp³-hybridized carbons (Fsp3) is 0.364. The summed E-state index contributed by atoms with van der Waals surface area (Å²) < 4.78 is 10.3. The Kier molecular flexibility index (Phi) is 8.02. The van der Waals surface area contributed by atoms with E-state index in [0.29, 0.717) is 17.9 Å². The highest BCUT2D eigenvalue weighted by Crippen LogP contribution is 2.21. The van der Waals surface area contributed by atoms with Crippen molar-refractivity contribution in [3.63, 3.8) is 0 Å². The summed E-state index contributed by atoms with van der Waals surface area (Å²) in [6.07, 6.45) is 0.312. The molecule has 1 unspecified atom stereocenters. The summed E-state index contributed by atoms with van der Waals surface area (Å²) in [6.45, 7) is 0.464. The topological polar surface area (TPSA) is 67.9 Å². The number of benzene rings is 2. The van der Waals surface area contributed by atoms with Crippen LogP contribution >= 0.6 is 0 Å². The first-order valence-electron chi connectivity index (χ1n) is 9.19. The Labute approximate surface area is 166 Å². The van der Waals surface area contributed by atoms with Crippen molar-refractivity contribution in [1.29, 1.82) is 0 Å². The van der Waals surface area contributed by atoms with Crippen LogP contribution in [0.15, 0.2) is 48.5 Å². The number of Topliss-reactive ketones (excluding diaryl/α,β-unsaturated/α-hetero) is 1. The quantitative estimate of drug-likeness (QED) is 0.638. The van der Waals surface area contributed by atoms with Crippen LogP contribution in [-0.2, 0) is 4.79 Å². The van der Waals surface area contributed by atoms with Gasteiger partial charge in [0.25, 0.3) is 0 Å². The molecule has 2 rings (SSSR count). The molecule has 0 aromatic heterocycles. The fourth-order valence-corrected chi connectivity index (χ4v) is 2.89. The first kappa shape index (κ1) is 21.4. The molecule has 0 fully saturated rings. The molecule has 6 heteroatoms. The van der Waals surface area contributed by atoms with Gasteiger partial charge < -0.3 is 19.7 Å². The molecule has 0 spiro atoms. The smallest absolute Gasteiger partial charge is 0.220 e. The first-order chi connectivity index (χ1) is 13.4. The van der Waals surface area contributed by atoms with Crippen molar-refractivity contribution in [1.82, 2.24) is 10.2 Å². The third-order valence-corrected chi connectivity index (χ3v) is 4.59. The minimum atomic E-state index is -0.142. The standard InChI is InChI=1S/C22H28N2O4/c1-24(2)20(16-8-10-18(27-3)11-9-16)15-23-22(26)13-12-21(25)17-6-5-7-19(14-17)28-4/h5-11,14,20H,12-13,15H2,1-4H3,(H,23,26). The lowest BCUT2D eigenvalue weighted by Crippen LogP contribution is -2.34. The van der Waals surface area contributed by atoms with Crippen molar-refractivity contribution in [2.75, 3.05) is 34.9 Å². The maximum Gasteiger partial charge on any atom is 0.220 e. The van der Waals surface area contributed by atoms with Crippen molar-refractivity contribution in [3.8, 4) is 11.5 Å². The van der Waals surface area contributed by atoms with Gasteiger partial charge in [-0.1, -0.05) is 24.3 Å². The third-order valence-electron chi connectivity index (χ3n) is 4.59. The Hall–Kier alpha value is -2.86. The minimum absolute atomic E-state index is 0.0314. The van der Waals surface area contributed by atoms with Gasteiger partial charge in [-0.05, 0) is 43.9 Å². The van der Waals surface area contributed by atoms with Crippen molar-refractivity contribution in [3.05, 3.63) is 59.7 Å². The molecule has 2 aromatic carbocycles. The molecule has 150 valence electrons. The molecule has 0 bridgehead atoms. The molecule has 1 N–H and O–H groups in total. The summed E-state index contributed by atoms with van der Waals surface area (Å²) in [4.78, 5) is 26.6. The minimum Gasteiger partial charge on any atom is -0.497 e. The molecule has 0 radical (unpaired) electrons. The lowest BCUT2D eigenvalue weighted by atomic mass is 10.0. The second kappa shape index (κ2) is 10.5. The summed E-state index contributed by atoms with van der Waals surface area (Å²) in [6, 6.07) is 14.8. The largest absolute Gasteiger partial charge is 0.497 e. The van der Waals surface area contributed by atoms with E-state index in [1.165, 1.54) is 0 Å². The van der Waals surface area contributed by atoms with Crippen molar-refractivity contribution in [2.24, 2.45) is 0 Å². The van der Waals surface area contributed by atoms with E-state index in [4.69, 9.17) is 9.47 Å². The molecule has 28 heavy (non-hydrogen) atoms. The number of amides is 1.